The summed E-state index contributed by atoms with van der Waals surface area (Å²) in [5.74, 6) is 0.995. The molecule has 3 nitrogen and oxygen atoms in total. The van der Waals surface area contributed by atoms with Crippen LogP contribution in [0, 0.1) is 5.41 Å². The fourth-order valence-corrected chi connectivity index (χ4v) is 3.76. The molecule has 2 rings (SSSR count). The molecule has 14 heavy (non-hydrogen) atoms. The second-order valence-corrected chi connectivity index (χ2v) is 5.61. The molecule has 1 aliphatic carbocycles. The van der Waals surface area contributed by atoms with Gasteiger partial charge in [0.15, 0.2) is 0 Å². The number of thioether (sulfide) groups is 1. The summed E-state index contributed by atoms with van der Waals surface area (Å²) in [4.78, 5) is 11.2. The van der Waals surface area contributed by atoms with Crippen molar-refractivity contribution < 1.29 is 15.0 Å². The van der Waals surface area contributed by atoms with Crippen LogP contribution in [-0.2, 0) is 4.79 Å². The van der Waals surface area contributed by atoms with Crippen LogP contribution >= 0.6 is 11.8 Å². The molecule has 1 heterocycles. The first-order valence-corrected chi connectivity index (χ1v) is 6.30. The molecule has 0 spiro atoms. The standard InChI is InChI=1S/C10H16O3S/c11-8(12)9(2-1-3-9)10(13)4-6-14-7-5-10/h13H,1-7H2,(H,11,12). The first-order valence-electron chi connectivity index (χ1n) is 5.14. The van der Waals surface area contributed by atoms with Crippen molar-refractivity contribution in [3.63, 3.8) is 0 Å². The molecule has 0 radical (unpaired) electrons. The summed E-state index contributed by atoms with van der Waals surface area (Å²) in [6.07, 6.45) is 3.54. The van der Waals surface area contributed by atoms with Crippen LogP contribution in [0.25, 0.3) is 0 Å². The number of carboxylic acid groups (broad SMARTS) is 1. The average molecular weight is 216 g/mol. The van der Waals surface area contributed by atoms with Crippen molar-refractivity contribution in [1.82, 2.24) is 0 Å². The molecule has 0 aromatic carbocycles. The molecule has 1 aliphatic heterocycles. The molecule has 1 saturated carbocycles. The van der Waals surface area contributed by atoms with E-state index in [9.17, 15) is 15.0 Å². The van der Waals surface area contributed by atoms with Crippen molar-refractivity contribution in [2.24, 2.45) is 5.41 Å². The zero-order valence-corrected chi connectivity index (χ0v) is 8.98. The van der Waals surface area contributed by atoms with Crippen LogP contribution in [-0.4, -0.2) is 33.3 Å². The molecule has 0 amide bonds. The molecule has 80 valence electrons. The van der Waals surface area contributed by atoms with Gasteiger partial charge in [0.05, 0.1) is 11.0 Å². The molecule has 4 heteroatoms. The quantitative estimate of drug-likeness (QED) is 0.734. The zero-order chi connectivity index (χ0) is 10.2. The molecule has 0 unspecified atom stereocenters. The molecule has 0 aromatic heterocycles. The van der Waals surface area contributed by atoms with E-state index in [1.165, 1.54) is 0 Å². The van der Waals surface area contributed by atoms with Crippen molar-refractivity contribution in [2.75, 3.05) is 11.5 Å². The second-order valence-electron chi connectivity index (χ2n) is 4.38. The third kappa shape index (κ3) is 1.27. The van der Waals surface area contributed by atoms with Gasteiger partial charge in [-0.25, -0.2) is 0 Å². The maximum absolute atomic E-state index is 11.2. The molecule has 0 atom stereocenters. The average Bonchev–Trinajstić information content (AvgIpc) is 2.01. The lowest BCUT2D eigenvalue weighted by Crippen LogP contribution is -2.58. The van der Waals surface area contributed by atoms with E-state index in [1.807, 2.05) is 0 Å². The Hall–Kier alpha value is -0.220. The maximum Gasteiger partial charge on any atom is 0.312 e. The highest BCUT2D eigenvalue weighted by Gasteiger charge is 2.59. The molecule has 0 bridgehead atoms. The van der Waals surface area contributed by atoms with Crippen LogP contribution in [0.2, 0.25) is 0 Å². The summed E-state index contributed by atoms with van der Waals surface area (Å²) in [6, 6.07) is 0. The number of rotatable bonds is 2. The zero-order valence-electron chi connectivity index (χ0n) is 8.16. The lowest BCUT2D eigenvalue weighted by atomic mass is 9.57. The van der Waals surface area contributed by atoms with E-state index in [-0.39, 0.29) is 0 Å². The van der Waals surface area contributed by atoms with Gasteiger partial charge in [-0.2, -0.15) is 11.8 Å². The van der Waals surface area contributed by atoms with Crippen molar-refractivity contribution in [1.29, 1.82) is 0 Å². The van der Waals surface area contributed by atoms with Gasteiger partial charge in [0, 0.05) is 0 Å². The highest BCUT2D eigenvalue weighted by Crippen LogP contribution is 2.54. The third-order valence-corrected chi connectivity index (χ3v) is 4.81. The van der Waals surface area contributed by atoms with E-state index in [4.69, 9.17) is 0 Å². The summed E-state index contributed by atoms with van der Waals surface area (Å²) in [5.41, 5.74) is -1.74. The first-order chi connectivity index (χ1) is 6.61. The molecular weight excluding hydrogens is 200 g/mol. The highest BCUT2D eigenvalue weighted by atomic mass is 32.2. The van der Waals surface area contributed by atoms with Crippen LogP contribution in [0.3, 0.4) is 0 Å². The van der Waals surface area contributed by atoms with E-state index in [0.717, 1.165) is 17.9 Å². The van der Waals surface area contributed by atoms with Crippen LogP contribution in [0.1, 0.15) is 32.1 Å². The number of hydrogen-bond donors (Lipinski definition) is 2. The lowest BCUT2D eigenvalue weighted by molar-refractivity contribution is -0.186. The van der Waals surface area contributed by atoms with Gasteiger partial charge in [0.25, 0.3) is 0 Å². The van der Waals surface area contributed by atoms with Crippen LogP contribution in [0.5, 0.6) is 0 Å². The summed E-state index contributed by atoms with van der Waals surface area (Å²) >= 11 is 1.81. The van der Waals surface area contributed by atoms with Crippen molar-refractivity contribution in [3.8, 4) is 0 Å². The predicted octanol–water partition coefficient (Wildman–Crippen LogP) is 1.50. The fraction of sp³-hybridized carbons (Fsp3) is 0.900. The Kier molecular flexibility index (Phi) is 2.52. The number of carbonyl (C=O) groups is 1. The normalized spacial score (nSPS) is 29.2. The minimum absolute atomic E-state index is 0.643. The van der Waals surface area contributed by atoms with Gasteiger partial charge in [0.2, 0.25) is 0 Å². The van der Waals surface area contributed by atoms with Crippen molar-refractivity contribution in [2.45, 2.75) is 37.7 Å². The summed E-state index contributed by atoms with van der Waals surface area (Å²) in [7, 11) is 0. The molecular formula is C10H16O3S. The van der Waals surface area contributed by atoms with Gasteiger partial charge in [-0.05, 0) is 37.2 Å². The van der Waals surface area contributed by atoms with Crippen molar-refractivity contribution in [3.05, 3.63) is 0 Å². The summed E-state index contributed by atoms with van der Waals surface area (Å²) in [6.45, 7) is 0. The smallest absolute Gasteiger partial charge is 0.312 e. The number of aliphatic carboxylic acids is 1. The lowest BCUT2D eigenvalue weighted by Gasteiger charge is -2.51. The number of carboxylic acids is 1. The largest absolute Gasteiger partial charge is 0.481 e. The molecule has 1 saturated heterocycles. The summed E-state index contributed by atoms with van der Waals surface area (Å²) < 4.78 is 0. The topological polar surface area (TPSA) is 57.5 Å². The van der Waals surface area contributed by atoms with E-state index in [1.54, 1.807) is 11.8 Å². The monoisotopic (exact) mass is 216 g/mol. The predicted molar refractivity (Wildman–Crippen MR) is 55.4 cm³/mol. The van der Waals surface area contributed by atoms with Gasteiger partial charge in [0.1, 0.15) is 0 Å². The SMILES string of the molecule is O=C(O)C1(C2(O)CCSCC2)CCC1. The second kappa shape index (κ2) is 3.42. The van der Waals surface area contributed by atoms with E-state index in [2.05, 4.69) is 0 Å². The maximum atomic E-state index is 11.2. The Morgan fingerprint density at radius 1 is 1.14 bits per heavy atom. The van der Waals surface area contributed by atoms with E-state index >= 15 is 0 Å². The summed E-state index contributed by atoms with van der Waals surface area (Å²) in [5, 5.41) is 19.7. The van der Waals surface area contributed by atoms with Gasteiger partial charge >= 0.3 is 5.97 Å². The Morgan fingerprint density at radius 3 is 2.07 bits per heavy atom. The Bertz CT molecular complexity index is 242. The van der Waals surface area contributed by atoms with Gasteiger partial charge in [-0.15, -0.1) is 0 Å². The van der Waals surface area contributed by atoms with Crippen LogP contribution in [0.4, 0.5) is 0 Å². The fourth-order valence-electron chi connectivity index (χ4n) is 2.60. The van der Waals surface area contributed by atoms with Gasteiger partial charge < -0.3 is 10.2 Å². The number of aliphatic hydroxyl groups is 1. The molecule has 2 N–H and O–H groups in total. The third-order valence-electron chi connectivity index (χ3n) is 3.83. The van der Waals surface area contributed by atoms with Gasteiger partial charge in [-0.3, -0.25) is 4.79 Å². The minimum atomic E-state index is -0.928. The molecule has 2 aliphatic rings. The first kappa shape index (κ1) is 10.3. The number of hydrogen-bond acceptors (Lipinski definition) is 3. The van der Waals surface area contributed by atoms with E-state index < -0.39 is 17.0 Å². The molecule has 0 aromatic rings. The minimum Gasteiger partial charge on any atom is -0.481 e. The Balaban J connectivity index is 2.21. The highest BCUT2D eigenvalue weighted by molar-refractivity contribution is 7.99. The van der Waals surface area contributed by atoms with Crippen LogP contribution < -0.4 is 0 Å². The van der Waals surface area contributed by atoms with E-state index in [0.29, 0.717) is 25.7 Å². The van der Waals surface area contributed by atoms with Gasteiger partial charge in [-0.1, -0.05) is 6.42 Å². The Morgan fingerprint density at radius 2 is 1.71 bits per heavy atom. The van der Waals surface area contributed by atoms with Crippen LogP contribution in [0.15, 0.2) is 0 Å². The molecule has 2 fully saturated rings. The van der Waals surface area contributed by atoms with Crippen molar-refractivity contribution >= 4 is 17.7 Å². The Labute approximate surface area is 87.9 Å².